The first-order valence-corrected chi connectivity index (χ1v) is 7.73. The van der Waals surface area contributed by atoms with Crippen LogP contribution in [0, 0.1) is 11.7 Å². The first-order chi connectivity index (χ1) is 11.9. The molecule has 0 aliphatic carbocycles. The van der Waals surface area contributed by atoms with Crippen LogP contribution in [0.15, 0.2) is 53.6 Å². The Balaban J connectivity index is 2.07. The molecule has 0 aliphatic heterocycles. The zero-order chi connectivity index (χ0) is 18.0. The standard InChI is InChI=1S/C17H13F3N4S/c1-11-6-2-4-8-13(11)15-22-23-16(25)24(15)21-10-12-7-3-5-9-14(12)17(18,19)20/h2-10H,1H3,(H,23,25)/b21-10-. The van der Waals surface area contributed by atoms with Gasteiger partial charge in [0.2, 0.25) is 4.77 Å². The van der Waals surface area contributed by atoms with Gasteiger partial charge in [0, 0.05) is 11.1 Å². The van der Waals surface area contributed by atoms with Crippen LogP contribution in [0.3, 0.4) is 0 Å². The maximum absolute atomic E-state index is 13.1. The third-order valence-electron chi connectivity index (χ3n) is 3.61. The lowest BCUT2D eigenvalue weighted by Crippen LogP contribution is -2.09. The van der Waals surface area contributed by atoms with E-state index >= 15 is 0 Å². The van der Waals surface area contributed by atoms with Crippen molar-refractivity contribution < 1.29 is 13.2 Å². The molecule has 0 bridgehead atoms. The molecular weight excluding hydrogens is 349 g/mol. The molecule has 3 rings (SSSR count). The van der Waals surface area contributed by atoms with Gasteiger partial charge in [0.1, 0.15) is 0 Å². The molecule has 2 aromatic carbocycles. The first kappa shape index (κ1) is 17.1. The lowest BCUT2D eigenvalue weighted by atomic mass is 10.1. The van der Waals surface area contributed by atoms with Crippen molar-refractivity contribution in [2.75, 3.05) is 0 Å². The Morgan fingerprint density at radius 1 is 1.12 bits per heavy atom. The maximum atomic E-state index is 13.1. The van der Waals surface area contributed by atoms with E-state index in [1.165, 1.54) is 22.9 Å². The second kappa shape index (κ2) is 6.64. The van der Waals surface area contributed by atoms with Crippen LogP contribution in [0.4, 0.5) is 13.2 Å². The van der Waals surface area contributed by atoms with Crippen LogP contribution >= 0.6 is 12.2 Å². The molecule has 0 saturated heterocycles. The number of alkyl halides is 3. The first-order valence-electron chi connectivity index (χ1n) is 7.32. The topological polar surface area (TPSA) is 46.0 Å². The number of nitrogens with zero attached hydrogens (tertiary/aromatic N) is 3. The van der Waals surface area contributed by atoms with E-state index in [9.17, 15) is 13.2 Å². The number of H-pyrrole nitrogens is 1. The summed E-state index contributed by atoms with van der Waals surface area (Å²) in [5, 5.41) is 10.9. The van der Waals surface area contributed by atoms with Gasteiger partial charge in [-0.15, -0.1) is 0 Å². The van der Waals surface area contributed by atoms with Crippen LogP contribution < -0.4 is 0 Å². The molecule has 0 atom stereocenters. The fourth-order valence-electron chi connectivity index (χ4n) is 2.38. The minimum absolute atomic E-state index is 0.0474. The summed E-state index contributed by atoms with van der Waals surface area (Å²) in [6, 6.07) is 12.7. The number of aromatic amines is 1. The number of nitrogens with one attached hydrogen (secondary N) is 1. The van der Waals surface area contributed by atoms with Crippen molar-refractivity contribution in [1.29, 1.82) is 0 Å². The zero-order valence-electron chi connectivity index (χ0n) is 13.1. The van der Waals surface area contributed by atoms with Crippen molar-refractivity contribution in [2.45, 2.75) is 13.1 Å². The Kier molecular flexibility index (Phi) is 4.54. The molecule has 0 amide bonds. The van der Waals surface area contributed by atoms with E-state index in [-0.39, 0.29) is 10.3 Å². The van der Waals surface area contributed by atoms with Gasteiger partial charge in [0.05, 0.1) is 11.8 Å². The highest BCUT2D eigenvalue weighted by molar-refractivity contribution is 7.71. The number of hydrogen-bond donors (Lipinski definition) is 1. The molecule has 128 valence electrons. The predicted octanol–water partition coefficient (Wildman–Crippen LogP) is 4.82. The monoisotopic (exact) mass is 362 g/mol. The molecule has 0 unspecified atom stereocenters. The molecule has 3 aromatic rings. The molecule has 1 aromatic heterocycles. The van der Waals surface area contributed by atoms with Gasteiger partial charge < -0.3 is 0 Å². The molecule has 4 nitrogen and oxygen atoms in total. The maximum Gasteiger partial charge on any atom is 0.417 e. The molecule has 0 aliphatic rings. The molecule has 0 radical (unpaired) electrons. The van der Waals surface area contributed by atoms with E-state index in [0.717, 1.165) is 23.4 Å². The summed E-state index contributed by atoms with van der Waals surface area (Å²) < 4.78 is 40.8. The number of halogens is 3. The van der Waals surface area contributed by atoms with Gasteiger partial charge in [-0.25, -0.2) is 5.10 Å². The zero-order valence-corrected chi connectivity index (χ0v) is 13.9. The molecule has 1 heterocycles. The lowest BCUT2D eigenvalue weighted by Gasteiger charge is -2.09. The van der Waals surface area contributed by atoms with Gasteiger partial charge >= 0.3 is 6.18 Å². The van der Waals surface area contributed by atoms with Crippen molar-refractivity contribution in [3.63, 3.8) is 0 Å². The largest absolute Gasteiger partial charge is 0.417 e. The van der Waals surface area contributed by atoms with Crippen molar-refractivity contribution in [3.05, 3.63) is 70.0 Å². The van der Waals surface area contributed by atoms with E-state index in [4.69, 9.17) is 12.2 Å². The fraction of sp³-hybridized carbons (Fsp3) is 0.118. The van der Waals surface area contributed by atoms with Gasteiger partial charge in [-0.2, -0.15) is 28.0 Å². The summed E-state index contributed by atoms with van der Waals surface area (Å²) in [5.74, 6) is 0.434. The van der Waals surface area contributed by atoms with Crippen LogP contribution in [-0.4, -0.2) is 21.1 Å². The number of aromatic nitrogens is 3. The van der Waals surface area contributed by atoms with Crippen molar-refractivity contribution in [1.82, 2.24) is 14.9 Å². The molecule has 8 heteroatoms. The summed E-state index contributed by atoms with van der Waals surface area (Å²) in [6.07, 6.45) is -3.32. The van der Waals surface area contributed by atoms with Crippen LogP contribution in [0.2, 0.25) is 0 Å². The summed E-state index contributed by atoms with van der Waals surface area (Å²) in [4.78, 5) is 0. The Labute approximate surface area is 146 Å². The Bertz CT molecular complexity index is 986. The highest BCUT2D eigenvalue weighted by atomic mass is 32.1. The van der Waals surface area contributed by atoms with E-state index in [1.54, 1.807) is 0 Å². The second-order valence-electron chi connectivity index (χ2n) is 5.31. The number of benzene rings is 2. The quantitative estimate of drug-likeness (QED) is 0.536. The van der Waals surface area contributed by atoms with Gasteiger partial charge in [-0.05, 0) is 30.8 Å². The van der Waals surface area contributed by atoms with Gasteiger partial charge in [-0.1, -0.05) is 42.5 Å². The van der Waals surface area contributed by atoms with Crippen LogP contribution in [-0.2, 0) is 6.18 Å². The van der Waals surface area contributed by atoms with Gasteiger partial charge in [-0.3, -0.25) is 0 Å². The van der Waals surface area contributed by atoms with Crippen molar-refractivity contribution in [2.24, 2.45) is 5.10 Å². The highest BCUT2D eigenvalue weighted by Crippen LogP contribution is 2.31. The molecular formula is C17H13F3N4S. The van der Waals surface area contributed by atoms with E-state index in [2.05, 4.69) is 15.3 Å². The summed E-state index contributed by atoms with van der Waals surface area (Å²) in [7, 11) is 0. The summed E-state index contributed by atoms with van der Waals surface area (Å²) in [5.41, 5.74) is 0.930. The third-order valence-corrected chi connectivity index (χ3v) is 3.88. The fourth-order valence-corrected chi connectivity index (χ4v) is 2.56. The second-order valence-corrected chi connectivity index (χ2v) is 5.70. The van der Waals surface area contributed by atoms with Crippen molar-refractivity contribution >= 4 is 18.4 Å². The average molecular weight is 362 g/mol. The Hall–Kier alpha value is -2.74. The number of hydrogen-bond acceptors (Lipinski definition) is 3. The Morgan fingerprint density at radius 2 is 1.80 bits per heavy atom. The molecule has 0 saturated carbocycles. The molecule has 1 N–H and O–H groups in total. The van der Waals surface area contributed by atoms with E-state index in [0.29, 0.717) is 5.82 Å². The number of aryl methyl sites for hydroxylation is 1. The van der Waals surface area contributed by atoms with Crippen LogP contribution in [0.25, 0.3) is 11.4 Å². The average Bonchev–Trinajstić information content (AvgIpc) is 2.93. The molecule has 0 fully saturated rings. The normalized spacial score (nSPS) is 12.0. The van der Waals surface area contributed by atoms with Crippen molar-refractivity contribution in [3.8, 4) is 11.4 Å². The van der Waals surface area contributed by atoms with E-state index in [1.807, 2.05) is 31.2 Å². The minimum atomic E-state index is -4.46. The van der Waals surface area contributed by atoms with Gasteiger partial charge in [0.15, 0.2) is 5.82 Å². The third kappa shape index (κ3) is 3.53. The summed E-state index contributed by atoms with van der Waals surface area (Å²) in [6.45, 7) is 1.90. The molecule has 25 heavy (non-hydrogen) atoms. The minimum Gasteiger partial charge on any atom is -0.250 e. The van der Waals surface area contributed by atoms with Crippen LogP contribution in [0.1, 0.15) is 16.7 Å². The lowest BCUT2D eigenvalue weighted by molar-refractivity contribution is -0.137. The number of rotatable bonds is 3. The Morgan fingerprint density at radius 3 is 2.52 bits per heavy atom. The van der Waals surface area contributed by atoms with E-state index < -0.39 is 11.7 Å². The summed E-state index contributed by atoms with van der Waals surface area (Å²) >= 11 is 5.15. The predicted molar refractivity (Wildman–Crippen MR) is 92.0 cm³/mol. The smallest absolute Gasteiger partial charge is 0.250 e. The SMILES string of the molecule is Cc1ccccc1-c1n[nH]c(=S)n1/N=C\c1ccccc1C(F)(F)F. The molecule has 0 spiro atoms. The highest BCUT2D eigenvalue weighted by Gasteiger charge is 2.32. The van der Waals surface area contributed by atoms with Gasteiger partial charge in [0.25, 0.3) is 0 Å². The van der Waals surface area contributed by atoms with Crippen LogP contribution in [0.5, 0.6) is 0 Å².